The molecule has 3 atom stereocenters. The van der Waals surface area contributed by atoms with Crippen LogP contribution in [-0.4, -0.2) is 54.0 Å². The van der Waals surface area contributed by atoms with Crippen LogP contribution in [0, 0.1) is 11.7 Å². The van der Waals surface area contributed by atoms with Crippen molar-refractivity contribution in [3.8, 4) is 16.8 Å². The minimum atomic E-state index is -0.969. The zero-order valence-electron chi connectivity index (χ0n) is 24.0. The summed E-state index contributed by atoms with van der Waals surface area (Å²) in [6.07, 6.45) is 10.2. The van der Waals surface area contributed by atoms with Crippen LogP contribution in [0.3, 0.4) is 0 Å². The summed E-state index contributed by atoms with van der Waals surface area (Å²) in [6.45, 7) is 2.83. The summed E-state index contributed by atoms with van der Waals surface area (Å²) in [5, 5.41) is 18.2. The van der Waals surface area contributed by atoms with Crippen LogP contribution in [0.4, 0.5) is 4.39 Å². The number of hydrogen-bond acceptors (Lipinski definition) is 4. The first-order valence-electron chi connectivity index (χ1n) is 14.8. The van der Waals surface area contributed by atoms with Gasteiger partial charge in [0.15, 0.2) is 0 Å². The molecule has 2 aromatic heterocycles. The predicted molar refractivity (Wildman–Crippen MR) is 157 cm³/mol. The second kappa shape index (κ2) is 11.5. The number of rotatable bonds is 9. The minimum Gasteiger partial charge on any atom is -0.478 e. The van der Waals surface area contributed by atoms with Gasteiger partial charge in [-0.25, -0.2) is 9.18 Å². The monoisotopic (exact) mass is 569 g/mol. The molecule has 218 valence electrons. The Balaban J connectivity index is 1.29. The quantitative estimate of drug-likeness (QED) is 0.257. The maximum absolute atomic E-state index is 14.9. The Morgan fingerprint density at radius 3 is 2.71 bits per heavy atom. The maximum Gasteiger partial charge on any atom is 0.337 e. The van der Waals surface area contributed by atoms with Crippen LogP contribution in [-0.2, 0) is 13.5 Å². The predicted octanol–water partition coefficient (Wildman–Crippen LogP) is 6.25. The fraction of sp³-hybridized carbons (Fsp3) is 0.394. The molecule has 2 aromatic carbocycles. The molecule has 8 nitrogen and oxygen atoms in total. The van der Waals surface area contributed by atoms with Crippen LogP contribution in [0.2, 0.25) is 0 Å². The van der Waals surface area contributed by atoms with E-state index in [1.54, 1.807) is 23.0 Å². The number of halogens is 1. The number of carbonyl (C=O) groups excluding carboxylic acids is 1. The van der Waals surface area contributed by atoms with Crippen molar-refractivity contribution in [2.75, 3.05) is 6.54 Å². The Morgan fingerprint density at radius 2 is 1.95 bits per heavy atom. The minimum absolute atomic E-state index is 0.119. The van der Waals surface area contributed by atoms with Gasteiger partial charge in [0.05, 0.1) is 11.3 Å². The number of nitrogens with zero attached hydrogens (tertiary/aromatic N) is 5. The number of carbonyl (C=O) groups is 2. The number of likely N-dealkylation sites (tertiary alicyclic amines) is 1. The zero-order valence-corrected chi connectivity index (χ0v) is 24.0. The average molecular weight is 570 g/mol. The summed E-state index contributed by atoms with van der Waals surface area (Å²) >= 11 is 0. The van der Waals surface area contributed by atoms with Gasteiger partial charge < -0.3 is 14.6 Å². The number of amides is 1. The third-order valence-electron chi connectivity index (χ3n) is 8.71. The van der Waals surface area contributed by atoms with E-state index in [4.69, 9.17) is 0 Å². The number of carboxylic acid groups (broad SMARTS) is 1. The molecular weight excluding hydrogens is 533 g/mol. The molecule has 4 aromatic rings. The first kappa shape index (κ1) is 27.9. The van der Waals surface area contributed by atoms with E-state index in [0.717, 1.165) is 61.2 Å². The lowest BCUT2D eigenvalue weighted by Gasteiger charge is -2.36. The fourth-order valence-corrected chi connectivity index (χ4v) is 6.51. The van der Waals surface area contributed by atoms with Crippen molar-refractivity contribution in [2.45, 2.75) is 63.8 Å². The standard InChI is InChI=1S/C33H36FN5O3/c1-3-7-26-9-4-5-12-39(26)32(40)24-14-22(15-25(34)16-24)21-8-6-10-27(17-21)38-13-11-28(33(41)42)31(38)19-23-18-29(23)30-20-37(2)36-35-30/h6,8,10-11,13-17,20,23,26,29H,3-5,7,9,12,18-19H2,1-2H3,(H,41,42)/t23-,26+,29+/m0/s1. The molecule has 0 bridgehead atoms. The second-order valence-electron chi connectivity index (χ2n) is 11.7. The molecular formula is C33H36FN5O3. The molecule has 0 spiro atoms. The van der Waals surface area contributed by atoms with Gasteiger partial charge in [-0.15, -0.1) is 5.10 Å². The summed E-state index contributed by atoms with van der Waals surface area (Å²) in [5.41, 5.74) is 4.43. The van der Waals surface area contributed by atoms with Crippen molar-refractivity contribution in [1.29, 1.82) is 0 Å². The summed E-state index contributed by atoms with van der Waals surface area (Å²) in [6, 6.07) is 14.0. The summed E-state index contributed by atoms with van der Waals surface area (Å²) in [7, 11) is 1.84. The molecule has 1 saturated carbocycles. The summed E-state index contributed by atoms with van der Waals surface area (Å²) < 4.78 is 18.5. The molecule has 6 rings (SSSR count). The number of benzene rings is 2. The van der Waals surface area contributed by atoms with Crippen LogP contribution in [0.25, 0.3) is 16.8 Å². The van der Waals surface area contributed by atoms with Gasteiger partial charge in [-0.2, -0.15) is 0 Å². The lowest BCUT2D eigenvalue weighted by atomic mass is 9.96. The number of hydrogen-bond donors (Lipinski definition) is 1. The Kier molecular flexibility index (Phi) is 7.66. The van der Waals surface area contributed by atoms with E-state index >= 15 is 0 Å². The molecule has 9 heteroatoms. The van der Waals surface area contributed by atoms with Gasteiger partial charge >= 0.3 is 5.97 Å². The SMILES string of the molecule is CCC[C@@H]1CCCCN1C(=O)c1cc(F)cc(-c2cccc(-n3ccc(C(=O)O)c3C[C@@H]3C[C@H]3c3cn(C)nn3)c2)c1. The van der Waals surface area contributed by atoms with Crippen LogP contribution >= 0.6 is 0 Å². The maximum atomic E-state index is 14.9. The highest BCUT2D eigenvalue weighted by Crippen LogP contribution is 2.49. The molecule has 1 saturated heterocycles. The van der Waals surface area contributed by atoms with Crippen LogP contribution in [0.1, 0.15) is 83.5 Å². The van der Waals surface area contributed by atoms with E-state index in [9.17, 15) is 19.1 Å². The largest absolute Gasteiger partial charge is 0.478 e. The third-order valence-corrected chi connectivity index (χ3v) is 8.71. The van der Waals surface area contributed by atoms with Crippen LogP contribution in [0.15, 0.2) is 60.9 Å². The van der Waals surface area contributed by atoms with Crippen molar-refractivity contribution >= 4 is 11.9 Å². The highest BCUT2D eigenvalue weighted by molar-refractivity contribution is 5.96. The van der Waals surface area contributed by atoms with Crippen LogP contribution < -0.4 is 0 Å². The first-order chi connectivity index (χ1) is 20.3. The molecule has 0 radical (unpaired) electrons. The lowest BCUT2D eigenvalue weighted by molar-refractivity contribution is 0.0599. The highest BCUT2D eigenvalue weighted by Gasteiger charge is 2.41. The van der Waals surface area contributed by atoms with Gasteiger partial charge in [-0.3, -0.25) is 9.48 Å². The van der Waals surface area contributed by atoms with Crippen molar-refractivity contribution in [3.05, 3.63) is 89.3 Å². The number of carboxylic acids is 1. The van der Waals surface area contributed by atoms with Crippen LogP contribution in [0.5, 0.6) is 0 Å². The van der Waals surface area contributed by atoms with Gasteiger partial charge in [0.2, 0.25) is 0 Å². The number of aromatic carboxylic acids is 1. The van der Waals surface area contributed by atoms with Gasteiger partial charge in [0.1, 0.15) is 5.82 Å². The summed E-state index contributed by atoms with van der Waals surface area (Å²) in [4.78, 5) is 27.6. The van der Waals surface area contributed by atoms with E-state index in [1.807, 2.05) is 47.0 Å². The zero-order chi connectivity index (χ0) is 29.4. The van der Waals surface area contributed by atoms with Gasteiger partial charge in [0, 0.05) is 54.9 Å². The molecule has 1 aliphatic heterocycles. The van der Waals surface area contributed by atoms with E-state index in [-0.39, 0.29) is 29.3 Å². The fourth-order valence-electron chi connectivity index (χ4n) is 6.51. The topological polar surface area (TPSA) is 93.2 Å². The molecule has 1 N–H and O–H groups in total. The lowest BCUT2D eigenvalue weighted by Crippen LogP contribution is -2.43. The van der Waals surface area contributed by atoms with Gasteiger partial charge in [0.25, 0.3) is 5.91 Å². The molecule has 42 heavy (non-hydrogen) atoms. The molecule has 3 heterocycles. The Hall–Kier alpha value is -4.27. The van der Waals surface area contributed by atoms with Crippen molar-refractivity contribution in [1.82, 2.24) is 24.5 Å². The smallest absolute Gasteiger partial charge is 0.337 e. The second-order valence-corrected chi connectivity index (χ2v) is 11.7. The molecule has 2 fully saturated rings. The molecule has 1 aliphatic carbocycles. The number of aryl methyl sites for hydroxylation is 1. The Morgan fingerprint density at radius 1 is 1.10 bits per heavy atom. The third kappa shape index (κ3) is 5.60. The van der Waals surface area contributed by atoms with Crippen molar-refractivity contribution in [3.63, 3.8) is 0 Å². The highest BCUT2D eigenvalue weighted by atomic mass is 19.1. The van der Waals surface area contributed by atoms with E-state index < -0.39 is 11.8 Å². The molecule has 1 amide bonds. The van der Waals surface area contributed by atoms with Gasteiger partial charge in [-0.05, 0) is 92.0 Å². The molecule has 2 aliphatic rings. The van der Waals surface area contributed by atoms with Crippen molar-refractivity contribution < 1.29 is 19.1 Å². The summed E-state index contributed by atoms with van der Waals surface area (Å²) in [5.74, 6) is -1.01. The first-order valence-corrected chi connectivity index (χ1v) is 14.8. The Bertz CT molecular complexity index is 1620. The van der Waals surface area contributed by atoms with E-state index in [1.165, 1.54) is 12.1 Å². The van der Waals surface area contributed by atoms with Gasteiger partial charge in [-0.1, -0.05) is 30.7 Å². The van der Waals surface area contributed by atoms with E-state index in [0.29, 0.717) is 24.1 Å². The van der Waals surface area contributed by atoms with E-state index in [2.05, 4.69) is 17.2 Å². The Labute approximate surface area is 244 Å². The van der Waals surface area contributed by atoms with Crippen molar-refractivity contribution in [2.24, 2.45) is 13.0 Å². The number of aromatic nitrogens is 4. The normalized spacial score (nSPS) is 20.1. The number of piperidine rings is 1. The average Bonchev–Trinajstić information content (AvgIpc) is 3.39. The molecule has 0 unspecified atom stereocenters.